The van der Waals surface area contributed by atoms with Crippen LogP contribution in [0.15, 0.2) is 48.5 Å². The zero-order valence-electron chi connectivity index (χ0n) is 18.9. The number of nitrogens with zero attached hydrogens (tertiary/aromatic N) is 3. The van der Waals surface area contributed by atoms with E-state index in [-0.39, 0.29) is 12.0 Å². The van der Waals surface area contributed by atoms with Gasteiger partial charge in [-0.2, -0.15) is 5.10 Å². The number of likely N-dealkylation sites (tertiary alicyclic amines) is 1. The van der Waals surface area contributed by atoms with Crippen LogP contribution in [-0.2, 0) is 11.8 Å². The second kappa shape index (κ2) is 10.5. The number of aryl methyl sites for hydroxylation is 1. The molecule has 1 aliphatic rings. The Morgan fingerprint density at radius 3 is 2.62 bits per heavy atom. The van der Waals surface area contributed by atoms with Crippen LogP contribution in [0.2, 0.25) is 5.02 Å². The molecule has 3 aromatic rings. The predicted octanol–water partition coefficient (Wildman–Crippen LogP) is 4.25. The zero-order valence-corrected chi connectivity index (χ0v) is 19.6. The molecule has 1 aliphatic heterocycles. The molecule has 0 unspecified atom stereocenters. The Labute approximate surface area is 201 Å². The van der Waals surface area contributed by atoms with E-state index in [9.17, 15) is 13.6 Å². The fourth-order valence-corrected chi connectivity index (χ4v) is 4.31. The molecule has 7 nitrogen and oxygen atoms in total. The van der Waals surface area contributed by atoms with Gasteiger partial charge in [-0.15, -0.1) is 0 Å². The molecule has 0 radical (unpaired) electrons. The van der Waals surface area contributed by atoms with Gasteiger partial charge >= 0.3 is 6.03 Å². The molecule has 0 spiro atoms. The predicted molar refractivity (Wildman–Crippen MR) is 127 cm³/mol. The van der Waals surface area contributed by atoms with Crippen molar-refractivity contribution in [3.8, 4) is 11.3 Å². The number of rotatable bonds is 7. The lowest BCUT2D eigenvalue weighted by molar-refractivity contribution is 0.159. The summed E-state index contributed by atoms with van der Waals surface area (Å²) in [5.41, 5.74) is 2.20. The van der Waals surface area contributed by atoms with Crippen LogP contribution in [0.25, 0.3) is 11.3 Å². The maximum Gasteiger partial charge on any atom is 0.320 e. The molecule has 2 heterocycles. The Hall–Kier alpha value is -3.01. The molecule has 1 fully saturated rings. The van der Waals surface area contributed by atoms with Gasteiger partial charge in [0.15, 0.2) is 11.6 Å². The molecule has 4 rings (SSSR count). The third-order valence-corrected chi connectivity index (χ3v) is 6.21. The van der Waals surface area contributed by atoms with E-state index in [4.69, 9.17) is 16.3 Å². The van der Waals surface area contributed by atoms with Crippen molar-refractivity contribution in [1.82, 2.24) is 20.0 Å². The van der Waals surface area contributed by atoms with Gasteiger partial charge in [0.05, 0.1) is 18.3 Å². The third-order valence-electron chi connectivity index (χ3n) is 5.96. The fraction of sp³-hybridized carbons (Fsp3) is 0.333. The highest BCUT2D eigenvalue weighted by Gasteiger charge is 2.35. The molecule has 180 valence electrons. The summed E-state index contributed by atoms with van der Waals surface area (Å²) < 4.78 is 34.1. The van der Waals surface area contributed by atoms with Gasteiger partial charge < -0.3 is 10.1 Å². The van der Waals surface area contributed by atoms with Gasteiger partial charge in [-0.1, -0.05) is 29.8 Å². The highest BCUT2D eigenvalue weighted by atomic mass is 35.5. The van der Waals surface area contributed by atoms with Crippen molar-refractivity contribution >= 4 is 23.4 Å². The first-order valence-corrected chi connectivity index (χ1v) is 11.3. The standard InChI is InChI=1S/C24H26ClF2N5O2/c1-31-23(12-21(30-31)15-3-6-17(25)7-4-15)29-24(33)28-22-14-32(9-10-34-2)13-18(22)16-5-8-19(26)20(27)11-16/h3-8,11-12,18,22H,9-10,13-14H2,1-2H3,(H2,28,29,33)/t18-,22+/m0/s1. The van der Waals surface area contributed by atoms with Gasteiger partial charge in [0.2, 0.25) is 0 Å². The molecular weight excluding hydrogens is 464 g/mol. The largest absolute Gasteiger partial charge is 0.383 e. The van der Waals surface area contributed by atoms with E-state index in [1.807, 2.05) is 12.1 Å². The molecule has 1 saturated heterocycles. The first-order chi connectivity index (χ1) is 16.3. The minimum Gasteiger partial charge on any atom is -0.383 e. The number of carbonyl (C=O) groups is 1. The number of urea groups is 1. The highest BCUT2D eigenvalue weighted by Crippen LogP contribution is 2.29. The number of amides is 2. The summed E-state index contributed by atoms with van der Waals surface area (Å²) in [7, 11) is 3.36. The fourth-order valence-electron chi connectivity index (χ4n) is 4.18. The third kappa shape index (κ3) is 5.55. The quantitative estimate of drug-likeness (QED) is 0.520. The summed E-state index contributed by atoms with van der Waals surface area (Å²) in [4.78, 5) is 15.0. The van der Waals surface area contributed by atoms with Crippen LogP contribution in [-0.4, -0.2) is 60.1 Å². The molecule has 1 aromatic heterocycles. The lowest BCUT2D eigenvalue weighted by Gasteiger charge is -2.20. The van der Waals surface area contributed by atoms with Crippen LogP contribution >= 0.6 is 11.6 Å². The van der Waals surface area contributed by atoms with Crippen LogP contribution in [0.4, 0.5) is 19.4 Å². The Kier molecular flexibility index (Phi) is 7.45. The summed E-state index contributed by atoms with van der Waals surface area (Å²) in [6.45, 7) is 2.35. The number of methoxy groups -OCH3 is 1. The average Bonchev–Trinajstić information content (AvgIpc) is 3.37. The van der Waals surface area contributed by atoms with Crippen molar-refractivity contribution in [3.63, 3.8) is 0 Å². The Morgan fingerprint density at radius 2 is 1.91 bits per heavy atom. The first kappa shape index (κ1) is 24.1. The second-order valence-electron chi connectivity index (χ2n) is 8.28. The highest BCUT2D eigenvalue weighted by molar-refractivity contribution is 6.30. The Morgan fingerprint density at radius 1 is 1.15 bits per heavy atom. The summed E-state index contributed by atoms with van der Waals surface area (Å²) in [6, 6.07) is 12.2. The zero-order chi connectivity index (χ0) is 24.2. The van der Waals surface area contributed by atoms with Gasteiger partial charge in [0.1, 0.15) is 5.82 Å². The van der Waals surface area contributed by atoms with E-state index in [2.05, 4.69) is 20.6 Å². The number of ether oxygens (including phenoxy) is 1. The second-order valence-corrected chi connectivity index (χ2v) is 8.72. The summed E-state index contributed by atoms with van der Waals surface area (Å²) >= 11 is 5.96. The maximum atomic E-state index is 13.9. The van der Waals surface area contributed by atoms with Crippen LogP contribution < -0.4 is 10.6 Å². The molecule has 10 heteroatoms. The smallest absolute Gasteiger partial charge is 0.320 e. The average molecular weight is 490 g/mol. The molecule has 0 aliphatic carbocycles. The molecule has 2 N–H and O–H groups in total. The van der Waals surface area contributed by atoms with Gasteiger partial charge in [0.25, 0.3) is 0 Å². The van der Waals surface area contributed by atoms with E-state index in [1.165, 1.54) is 6.07 Å². The van der Waals surface area contributed by atoms with E-state index >= 15 is 0 Å². The molecule has 34 heavy (non-hydrogen) atoms. The number of benzene rings is 2. The number of nitrogens with one attached hydrogen (secondary N) is 2. The van der Waals surface area contributed by atoms with Crippen LogP contribution in [0.5, 0.6) is 0 Å². The van der Waals surface area contributed by atoms with Gasteiger partial charge in [0, 0.05) is 56.4 Å². The van der Waals surface area contributed by atoms with E-state index in [0.717, 1.165) is 11.6 Å². The maximum absolute atomic E-state index is 13.9. The molecule has 2 atom stereocenters. The van der Waals surface area contributed by atoms with Crippen molar-refractivity contribution < 1.29 is 18.3 Å². The summed E-state index contributed by atoms with van der Waals surface area (Å²) in [5, 5.41) is 10.9. The normalized spacial score (nSPS) is 18.3. The Bertz CT molecular complexity index is 1150. The van der Waals surface area contributed by atoms with Crippen LogP contribution in [0, 0.1) is 11.6 Å². The number of carbonyl (C=O) groups excluding carboxylic acids is 1. The molecule has 0 saturated carbocycles. The van der Waals surface area contributed by atoms with Gasteiger partial charge in [-0.05, 0) is 29.8 Å². The first-order valence-electron chi connectivity index (χ1n) is 10.9. The van der Waals surface area contributed by atoms with Gasteiger partial charge in [-0.3, -0.25) is 14.9 Å². The van der Waals surface area contributed by atoms with E-state index < -0.39 is 17.7 Å². The SMILES string of the molecule is COCCN1C[C@@H](NC(=O)Nc2cc(-c3ccc(Cl)cc3)nn2C)[C@H](c2ccc(F)c(F)c2)C1. The summed E-state index contributed by atoms with van der Waals surface area (Å²) in [5.74, 6) is -1.48. The van der Waals surface area contributed by atoms with Crippen molar-refractivity contribution in [1.29, 1.82) is 0 Å². The van der Waals surface area contributed by atoms with Crippen molar-refractivity contribution in [3.05, 3.63) is 70.8 Å². The van der Waals surface area contributed by atoms with Crippen molar-refractivity contribution in [2.75, 3.05) is 38.7 Å². The lowest BCUT2D eigenvalue weighted by Crippen LogP contribution is -2.42. The number of halogens is 3. The minimum atomic E-state index is -0.902. The monoisotopic (exact) mass is 489 g/mol. The van der Waals surface area contributed by atoms with Crippen LogP contribution in [0.1, 0.15) is 11.5 Å². The number of hydrogen-bond acceptors (Lipinski definition) is 4. The van der Waals surface area contributed by atoms with Crippen molar-refractivity contribution in [2.24, 2.45) is 7.05 Å². The molecule has 2 aromatic carbocycles. The minimum absolute atomic E-state index is 0.200. The molecular formula is C24H26ClF2N5O2. The van der Waals surface area contributed by atoms with E-state index in [0.29, 0.717) is 48.3 Å². The van der Waals surface area contributed by atoms with Crippen molar-refractivity contribution in [2.45, 2.75) is 12.0 Å². The topological polar surface area (TPSA) is 71.4 Å². The van der Waals surface area contributed by atoms with Gasteiger partial charge in [-0.25, -0.2) is 13.6 Å². The van der Waals surface area contributed by atoms with E-state index in [1.54, 1.807) is 43.1 Å². The molecule has 2 amide bonds. The molecule has 0 bridgehead atoms. The lowest BCUT2D eigenvalue weighted by atomic mass is 9.94. The summed E-state index contributed by atoms with van der Waals surface area (Å²) in [6.07, 6.45) is 0. The number of aromatic nitrogens is 2. The number of hydrogen-bond donors (Lipinski definition) is 2. The van der Waals surface area contributed by atoms with Crippen LogP contribution in [0.3, 0.4) is 0 Å². The Balaban J connectivity index is 1.47. The number of anilines is 1.